The number of benzene rings is 3. The lowest BCUT2D eigenvalue weighted by molar-refractivity contribution is -0.384. The van der Waals surface area contributed by atoms with Gasteiger partial charge in [-0.25, -0.2) is 9.97 Å². The first-order chi connectivity index (χ1) is 17.9. The fourth-order valence-electron chi connectivity index (χ4n) is 3.63. The molecule has 0 aliphatic carbocycles. The predicted molar refractivity (Wildman–Crippen MR) is 136 cm³/mol. The zero-order chi connectivity index (χ0) is 26.2. The van der Waals surface area contributed by atoms with Crippen molar-refractivity contribution in [3.63, 3.8) is 0 Å². The Labute approximate surface area is 210 Å². The maximum absolute atomic E-state index is 12.4. The average molecular weight is 499 g/mol. The maximum atomic E-state index is 12.4. The number of anilines is 2. The van der Waals surface area contributed by atoms with Crippen molar-refractivity contribution < 1.29 is 14.6 Å². The molecule has 3 N–H and O–H groups in total. The molecule has 12 heteroatoms. The Bertz CT molecular complexity index is 1360. The number of carbonyl (C=O) groups is 1. The Balaban J connectivity index is 1.54. The number of hydrogen-bond acceptors (Lipinski definition) is 9. The van der Waals surface area contributed by atoms with Crippen molar-refractivity contribution in [1.82, 2.24) is 15.4 Å². The van der Waals surface area contributed by atoms with Crippen molar-refractivity contribution in [2.45, 2.75) is 12.5 Å². The number of aromatic nitrogens is 2. The van der Waals surface area contributed by atoms with Crippen LogP contribution in [0.25, 0.3) is 0 Å². The molecule has 37 heavy (non-hydrogen) atoms. The number of hydrazine groups is 1. The van der Waals surface area contributed by atoms with Crippen molar-refractivity contribution in [3.05, 3.63) is 128 Å². The largest absolute Gasteiger partial charge is 0.354 e. The van der Waals surface area contributed by atoms with E-state index in [1.54, 1.807) is 0 Å². The molecule has 12 nitrogen and oxygen atoms in total. The number of amides is 1. The SMILES string of the molecule is O=C(Cc1ccc([N+](=O)[O-])cc1)NNc1ncnc(NC(c2ccccc2)c2ccccc2)c1[N+](=O)[O-]. The van der Waals surface area contributed by atoms with Gasteiger partial charge in [0.2, 0.25) is 17.5 Å². The van der Waals surface area contributed by atoms with Crippen LogP contribution >= 0.6 is 0 Å². The fraction of sp³-hybridized carbons (Fsp3) is 0.0800. The van der Waals surface area contributed by atoms with E-state index in [9.17, 15) is 25.0 Å². The van der Waals surface area contributed by atoms with Gasteiger partial charge < -0.3 is 5.32 Å². The Morgan fingerprint density at radius 1 is 0.784 bits per heavy atom. The Morgan fingerprint density at radius 3 is 1.89 bits per heavy atom. The third kappa shape index (κ3) is 6.19. The topological polar surface area (TPSA) is 165 Å². The number of carbonyl (C=O) groups excluding carboxylic acids is 1. The van der Waals surface area contributed by atoms with Crippen LogP contribution < -0.4 is 16.2 Å². The highest BCUT2D eigenvalue weighted by Crippen LogP contribution is 2.33. The normalized spacial score (nSPS) is 10.5. The summed E-state index contributed by atoms with van der Waals surface area (Å²) in [7, 11) is 0. The molecule has 4 aromatic rings. The first kappa shape index (κ1) is 24.7. The molecule has 4 rings (SSSR count). The van der Waals surface area contributed by atoms with Gasteiger partial charge >= 0.3 is 5.69 Å². The van der Waals surface area contributed by atoms with Crippen molar-refractivity contribution in [2.75, 3.05) is 10.7 Å². The summed E-state index contributed by atoms with van der Waals surface area (Å²) < 4.78 is 0. The zero-order valence-corrected chi connectivity index (χ0v) is 19.3. The van der Waals surface area contributed by atoms with Gasteiger partial charge in [-0.05, 0) is 16.7 Å². The summed E-state index contributed by atoms with van der Waals surface area (Å²) in [6.45, 7) is 0. The Morgan fingerprint density at radius 2 is 1.35 bits per heavy atom. The van der Waals surface area contributed by atoms with Crippen LogP contribution in [0.2, 0.25) is 0 Å². The van der Waals surface area contributed by atoms with Crippen LogP contribution in [0.3, 0.4) is 0 Å². The molecule has 0 atom stereocenters. The third-order valence-corrected chi connectivity index (χ3v) is 5.38. The second kappa shape index (κ2) is 11.4. The van der Waals surface area contributed by atoms with Crippen LogP contribution in [0.4, 0.5) is 23.0 Å². The third-order valence-electron chi connectivity index (χ3n) is 5.38. The summed E-state index contributed by atoms with van der Waals surface area (Å²) in [5, 5.41) is 25.9. The molecule has 0 saturated heterocycles. The van der Waals surface area contributed by atoms with E-state index < -0.39 is 27.5 Å². The van der Waals surface area contributed by atoms with Crippen LogP contribution in [-0.2, 0) is 11.2 Å². The van der Waals surface area contributed by atoms with Crippen molar-refractivity contribution >= 4 is 28.9 Å². The van der Waals surface area contributed by atoms with Crippen LogP contribution in [-0.4, -0.2) is 25.7 Å². The van der Waals surface area contributed by atoms with Crippen LogP contribution in [0.15, 0.2) is 91.3 Å². The molecule has 0 fully saturated rings. The second-order valence-electron chi connectivity index (χ2n) is 7.85. The second-order valence-corrected chi connectivity index (χ2v) is 7.85. The maximum Gasteiger partial charge on any atom is 0.354 e. The van der Waals surface area contributed by atoms with Gasteiger partial charge in [-0.3, -0.25) is 35.9 Å². The van der Waals surface area contributed by atoms with Gasteiger partial charge in [0, 0.05) is 12.1 Å². The Hall–Kier alpha value is -5.39. The van der Waals surface area contributed by atoms with Crippen molar-refractivity contribution in [1.29, 1.82) is 0 Å². The van der Waals surface area contributed by atoms with Crippen LogP contribution in [0, 0.1) is 20.2 Å². The standard InChI is InChI=1S/C25H21N7O5/c33-21(15-17-11-13-20(14-12-17)31(34)35)29-30-25-23(32(36)37)24(26-16-27-25)28-22(18-7-3-1-4-8-18)19-9-5-2-6-10-19/h1-14,16,22H,15H2,(H,29,33)(H2,26,27,28,30). The monoisotopic (exact) mass is 499 g/mol. The van der Waals surface area contributed by atoms with Gasteiger partial charge in [0.1, 0.15) is 6.33 Å². The summed E-state index contributed by atoms with van der Waals surface area (Å²) in [6.07, 6.45) is 1.03. The summed E-state index contributed by atoms with van der Waals surface area (Å²) in [6, 6.07) is 23.9. The average Bonchev–Trinajstić information content (AvgIpc) is 2.91. The molecule has 0 unspecified atom stereocenters. The molecule has 0 aliphatic heterocycles. The molecule has 0 radical (unpaired) electrons. The number of nitro groups is 2. The van der Waals surface area contributed by atoms with E-state index in [0.29, 0.717) is 5.56 Å². The first-order valence-corrected chi connectivity index (χ1v) is 11.1. The van der Waals surface area contributed by atoms with Gasteiger partial charge in [0.25, 0.3) is 5.69 Å². The number of hydrogen-bond donors (Lipinski definition) is 3. The summed E-state index contributed by atoms with van der Waals surface area (Å²) in [5.41, 5.74) is 6.59. The van der Waals surface area contributed by atoms with E-state index in [2.05, 4.69) is 26.1 Å². The van der Waals surface area contributed by atoms with Gasteiger partial charge in [-0.2, -0.15) is 0 Å². The highest BCUT2D eigenvalue weighted by atomic mass is 16.6. The van der Waals surface area contributed by atoms with Crippen molar-refractivity contribution in [2.24, 2.45) is 0 Å². The predicted octanol–water partition coefficient (Wildman–Crippen LogP) is 4.18. The van der Waals surface area contributed by atoms with Gasteiger partial charge in [-0.1, -0.05) is 72.8 Å². The van der Waals surface area contributed by atoms with E-state index >= 15 is 0 Å². The molecule has 1 aromatic heterocycles. The zero-order valence-electron chi connectivity index (χ0n) is 19.3. The minimum Gasteiger partial charge on any atom is -0.353 e. The smallest absolute Gasteiger partial charge is 0.353 e. The quantitative estimate of drug-likeness (QED) is 0.214. The minimum atomic E-state index is -0.639. The Kier molecular flexibility index (Phi) is 7.59. The lowest BCUT2D eigenvalue weighted by atomic mass is 9.99. The summed E-state index contributed by atoms with van der Waals surface area (Å²) in [5.74, 6) is -0.771. The highest BCUT2D eigenvalue weighted by Gasteiger charge is 2.26. The molecular formula is C25H21N7O5. The number of nitrogens with zero attached hydrogens (tertiary/aromatic N) is 4. The van der Waals surface area contributed by atoms with E-state index in [0.717, 1.165) is 17.5 Å². The summed E-state index contributed by atoms with van der Waals surface area (Å²) >= 11 is 0. The van der Waals surface area contributed by atoms with Gasteiger partial charge in [-0.15, -0.1) is 0 Å². The van der Waals surface area contributed by atoms with E-state index in [1.165, 1.54) is 24.3 Å². The molecular weight excluding hydrogens is 478 g/mol. The lowest BCUT2D eigenvalue weighted by Gasteiger charge is -2.20. The van der Waals surface area contributed by atoms with Crippen molar-refractivity contribution in [3.8, 4) is 0 Å². The molecule has 1 amide bonds. The van der Waals surface area contributed by atoms with E-state index in [-0.39, 0.29) is 23.7 Å². The number of nitrogens with one attached hydrogen (secondary N) is 3. The van der Waals surface area contributed by atoms with Gasteiger partial charge in [0.15, 0.2) is 0 Å². The molecule has 0 spiro atoms. The highest BCUT2D eigenvalue weighted by molar-refractivity contribution is 5.81. The molecule has 186 valence electrons. The van der Waals surface area contributed by atoms with Crippen LogP contribution in [0.1, 0.15) is 22.7 Å². The minimum absolute atomic E-state index is 0.0372. The molecule has 3 aromatic carbocycles. The number of nitro benzene ring substituents is 1. The molecule has 0 aliphatic rings. The number of non-ortho nitro benzene ring substituents is 1. The summed E-state index contributed by atoms with van der Waals surface area (Å²) in [4.78, 5) is 42.0. The van der Waals surface area contributed by atoms with E-state index in [4.69, 9.17) is 0 Å². The molecule has 1 heterocycles. The number of rotatable bonds is 10. The van der Waals surface area contributed by atoms with Crippen LogP contribution in [0.5, 0.6) is 0 Å². The first-order valence-electron chi connectivity index (χ1n) is 11.1. The van der Waals surface area contributed by atoms with E-state index in [1.807, 2.05) is 60.7 Å². The fourth-order valence-corrected chi connectivity index (χ4v) is 3.63. The lowest BCUT2D eigenvalue weighted by Crippen LogP contribution is -2.31. The molecule has 0 saturated carbocycles. The van der Waals surface area contributed by atoms with Gasteiger partial charge in [0.05, 0.1) is 22.3 Å². The molecule has 0 bridgehead atoms.